The number of hydrogen-bond acceptors (Lipinski definition) is 4. The second kappa shape index (κ2) is 7.32. The van der Waals surface area contributed by atoms with Crippen molar-refractivity contribution in [3.05, 3.63) is 0 Å². The molecule has 3 rings (SSSR count). The van der Waals surface area contributed by atoms with Crippen LogP contribution in [0.1, 0.15) is 60.3 Å². The molecule has 3 fully saturated rings. The third-order valence-corrected chi connectivity index (χ3v) is 6.85. The Bertz CT molecular complexity index is 496. The molecule has 6 nitrogen and oxygen atoms in total. The van der Waals surface area contributed by atoms with Crippen LogP contribution >= 0.6 is 0 Å². The number of piperidine rings is 1. The van der Waals surface area contributed by atoms with Crippen LogP contribution in [0.5, 0.6) is 0 Å². The van der Waals surface area contributed by atoms with E-state index in [1.54, 1.807) is 0 Å². The van der Waals surface area contributed by atoms with Gasteiger partial charge in [-0.2, -0.15) is 0 Å². The highest BCUT2D eigenvalue weighted by Crippen LogP contribution is 2.42. The van der Waals surface area contributed by atoms with Crippen molar-refractivity contribution in [3.8, 4) is 0 Å². The third kappa shape index (κ3) is 4.20. The van der Waals surface area contributed by atoms with Crippen molar-refractivity contribution in [3.63, 3.8) is 0 Å². The van der Waals surface area contributed by atoms with Crippen molar-refractivity contribution in [2.24, 2.45) is 5.41 Å². The van der Waals surface area contributed by atoms with Crippen molar-refractivity contribution < 1.29 is 18.8 Å². The summed E-state index contributed by atoms with van der Waals surface area (Å²) in [5.74, 6) is 0.355. The standard InChI is InChI=1S/C19H35BN2O4/c1-17(2)18(3,4)26-20(25-17)15-6-10-22(11-7-15)16(23)21-14-19(5)8-12-24-13-9-19/h15H,6-14H2,1-5H3,(H,21,23). The van der Waals surface area contributed by atoms with Crippen molar-refractivity contribution in [2.45, 2.75) is 77.3 Å². The molecule has 3 saturated heterocycles. The Morgan fingerprint density at radius 1 is 1.04 bits per heavy atom. The highest BCUT2D eigenvalue weighted by Gasteiger charge is 2.53. The number of rotatable bonds is 3. The van der Waals surface area contributed by atoms with E-state index in [2.05, 4.69) is 39.9 Å². The Hall–Kier alpha value is -0.785. The van der Waals surface area contributed by atoms with E-state index in [1.807, 2.05) is 4.90 Å². The summed E-state index contributed by atoms with van der Waals surface area (Å²) in [6, 6.07) is 0.0603. The van der Waals surface area contributed by atoms with Crippen LogP contribution in [0.25, 0.3) is 0 Å². The van der Waals surface area contributed by atoms with Gasteiger partial charge in [-0.1, -0.05) is 6.92 Å². The molecule has 0 spiro atoms. The summed E-state index contributed by atoms with van der Waals surface area (Å²) in [5.41, 5.74) is -0.411. The molecule has 0 saturated carbocycles. The smallest absolute Gasteiger partial charge is 0.403 e. The lowest BCUT2D eigenvalue weighted by Gasteiger charge is -2.36. The van der Waals surface area contributed by atoms with Crippen LogP contribution in [0, 0.1) is 5.41 Å². The second-order valence-electron chi connectivity index (χ2n) is 9.53. The second-order valence-corrected chi connectivity index (χ2v) is 9.53. The number of likely N-dealkylation sites (tertiary alicyclic amines) is 1. The molecule has 0 aromatic rings. The Labute approximate surface area is 158 Å². The van der Waals surface area contributed by atoms with E-state index in [0.717, 1.165) is 58.5 Å². The number of nitrogens with zero attached hydrogens (tertiary/aromatic N) is 1. The van der Waals surface area contributed by atoms with Gasteiger partial charge in [0.1, 0.15) is 0 Å². The molecule has 3 heterocycles. The first kappa shape index (κ1) is 20.0. The minimum atomic E-state index is -0.286. The zero-order chi connectivity index (χ0) is 19.0. The van der Waals surface area contributed by atoms with E-state index in [0.29, 0.717) is 5.82 Å². The molecule has 2 amide bonds. The molecule has 0 radical (unpaired) electrons. The van der Waals surface area contributed by atoms with Crippen molar-refractivity contribution in [1.82, 2.24) is 10.2 Å². The van der Waals surface area contributed by atoms with Gasteiger partial charge in [0.15, 0.2) is 0 Å². The lowest BCUT2D eigenvalue weighted by molar-refractivity contribution is 0.00578. The molecule has 0 aliphatic carbocycles. The van der Waals surface area contributed by atoms with Gasteiger partial charge in [0.2, 0.25) is 0 Å². The summed E-state index contributed by atoms with van der Waals surface area (Å²) in [4.78, 5) is 14.5. The van der Waals surface area contributed by atoms with Gasteiger partial charge >= 0.3 is 13.1 Å². The number of amides is 2. The molecule has 0 atom stereocenters. The maximum atomic E-state index is 12.5. The molecular weight excluding hydrogens is 331 g/mol. The summed E-state index contributed by atoms with van der Waals surface area (Å²) in [6.07, 6.45) is 3.87. The lowest BCUT2D eigenvalue weighted by Crippen LogP contribution is -2.48. The lowest BCUT2D eigenvalue weighted by atomic mass is 9.67. The predicted molar refractivity (Wildman–Crippen MR) is 102 cm³/mol. The van der Waals surface area contributed by atoms with E-state index in [4.69, 9.17) is 14.0 Å². The van der Waals surface area contributed by atoms with Gasteiger partial charge in [-0.15, -0.1) is 0 Å². The van der Waals surface area contributed by atoms with Crippen molar-refractivity contribution >= 4 is 13.1 Å². The first-order valence-electron chi connectivity index (χ1n) is 10.1. The Morgan fingerprint density at radius 2 is 1.58 bits per heavy atom. The summed E-state index contributed by atoms with van der Waals surface area (Å²) in [5, 5.41) is 3.14. The number of carbonyl (C=O) groups excluding carboxylic acids is 1. The number of urea groups is 1. The maximum Gasteiger partial charge on any atom is 0.461 e. The fourth-order valence-electron chi connectivity index (χ4n) is 3.90. The SMILES string of the molecule is CC1(CNC(=O)N2CCC(B3OC(C)(C)C(C)(C)O3)CC2)CCOCC1. The zero-order valence-corrected chi connectivity index (χ0v) is 17.1. The van der Waals surface area contributed by atoms with Gasteiger partial charge in [0.25, 0.3) is 0 Å². The number of carbonyl (C=O) groups is 1. The average Bonchev–Trinajstić information content (AvgIpc) is 2.81. The fraction of sp³-hybridized carbons (Fsp3) is 0.947. The van der Waals surface area contributed by atoms with E-state index >= 15 is 0 Å². The van der Waals surface area contributed by atoms with Crippen LogP contribution in [0.4, 0.5) is 4.79 Å². The van der Waals surface area contributed by atoms with Crippen LogP contribution in [-0.2, 0) is 14.0 Å². The highest BCUT2D eigenvalue weighted by atomic mass is 16.7. The van der Waals surface area contributed by atoms with Gasteiger partial charge in [0.05, 0.1) is 11.2 Å². The molecule has 0 unspecified atom stereocenters. The number of nitrogens with one attached hydrogen (secondary N) is 1. The number of ether oxygens (including phenoxy) is 1. The monoisotopic (exact) mass is 366 g/mol. The first-order chi connectivity index (χ1) is 12.1. The van der Waals surface area contributed by atoms with E-state index in [9.17, 15) is 4.79 Å². The first-order valence-corrected chi connectivity index (χ1v) is 10.1. The molecular formula is C19H35BN2O4. The minimum absolute atomic E-state index is 0.0603. The summed E-state index contributed by atoms with van der Waals surface area (Å²) >= 11 is 0. The largest absolute Gasteiger partial charge is 0.461 e. The molecule has 0 aromatic carbocycles. The van der Waals surface area contributed by atoms with Gasteiger partial charge in [-0.05, 0) is 64.6 Å². The normalized spacial score (nSPS) is 28.2. The Balaban J connectivity index is 1.44. The summed E-state index contributed by atoms with van der Waals surface area (Å²) in [7, 11) is -0.161. The molecule has 0 bridgehead atoms. The van der Waals surface area contributed by atoms with Gasteiger partial charge in [-0.25, -0.2) is 4.79 Å². The fourth-order valence-corrected chi connectivity index (χ4v) is 3.90. The van der Waals surface area contributed by atoms with Crippen LogP contribution < -0.4 is 5.32 Å². The average molecular weight is 366 g/mol. The van der Waals surface area contributed by atoms with Crippen LogP contribution in [-0.4, -0.2) is 62.1 Å². The predicted octanol–water partition coefficient (Wildman–Crippen LogP) is 3.07. The molecule has 1 N–H and O–H groups in total. The Kier molecular flexibility index (Phi) is 5.62. The summed E-state index contributed by atoms with van der Waals surface area (Å²) < 4.78 is 17.8. The zero-order valence-electron chi connectivity index (χ0n) is 17.1. The van der Waals surface area contributed by atoms with Crippen molar-refractivity contribution in [2.75, 3.05) is 32.8 Å². The highest BCUT2D eigenvalue weighted by molar-refractivity contribution is 6.47. The van der Waals surface area contributed by atoms with Crippen molar-refractivity contribution in [1.29, 1.82) is 0 Å². The topological polar surface area (TPSA) is 60.0 Å². The Morgan fingerprint density at radius 3 is 2.12 bits per heavy atom. The minimum Gasteiger partial charge on any atom is -0.403 e. The van der Waals surface area contributed by atoms with Gasteiger partial charge < -0.3 is 24.3 Å². The van der Waals surface area contributed by atoms with E-state index in [-0.39, 0.29) is 29.8 Å². The summed E-state index contributed by atoms with van der Waals surface area (Å²) in [6.45, 7) is 14.4. The quantitative estimate of drug-likeness (QED) is 0.780. The molecule has 3 aliphatic heterocycles. The molecule has 148 valence electrons. The van der Waals surface area contributed by atoms with Crippen LogP contribution in [0.15, 0.2) is 0 Å². The van der Waals surface area contributed by atoms with E-state index in [1.165, 1.54) is 0 Å². The van der Waals surface area contributed by atoms with Crippen LogP contribution in [0.2, 0.25) is 5.82 Å². The molecule has 7 heteroatoms. The molecule has 26 heavy (non-hydrogen) atoms. The van der Waals surface area contributed by atoms with Gasteiger partial charge in [0, 0.05) is 32.8 Å². The van der Waals surface area contributed by atoms with Gasteiger partial charge in [-0.3, -0.25) is 0 Å². The maximum absolute atomic E-state index is 12.5. The number of hydrogen-bond donors (Lipinski definition) is 1. The van der Waals surface area contributed by atoms with E-state index < -0.39 is 0 Å². The van der Waals surface area contributed by atoms with Crippen LogP contribution in [0.3, 0.4) is 0 Å². The third-order valence-electron chi connectivity index (χ3n) is 6.85. The molecule has 0 aromatic heterocycles. The molecule has 3 aliphatic rings.